The number of carbonyl (C=O) groups excluding carboxylic acids is 3. The number of rotatable bonds is 8. The van der Waals surface area contributed by atoms with Gasteiger partial charge in [-0.25, -0.2) is 4.39 Å². The lowest BCUT2D eigenvalue weighted by molar-refractivity contribution is -0.173. The number of halogens is 4. The molecule has 1 saturated heterocycles. The van der Waals surface area contributed by atoms with Crippen LogP contribution in [0.3, 0.4) is 0 Å². The number of hydrogen-bond acceptors (Lipinski definition) is 4. The molecule has 0 atom stereocenters. The molecule has 0 bridgehead atoms. The number of ether oxygens (including phenoxy) is 1. The van der Waals surface area contributed by atoms with Gasteiger partial charge in [-0.2, -0.15) is 13.2 Å². The molecule has 2 amide bonds. The van der Waals surface area contributed by atoms with Gasteiger partial charge in [0.25, 0.3) is 5.91 Å². The van der Waals surface area contributed by atoms with E-state index in [1.54, 1.807) is 35.7 Å². The molecule has 1 N–H and O–H groups in total. The van der Waals surface area contributed by atoms with E-state index in [-0.39, 0.29) is 18.4 Å². The van der Waals surface area contributed by atoms with Crippen molar-refractivity contribution in [1.82, 2.24) is 14.8 Å². The Morgan fingerprint density at radius 3 is 2.55 bits per heavy atom. The van der Waals surface area contributed by atoms with Gasteiger partial charge < -0.3 is 19.5 Å². The summed E-state index contributed by atoms with van der Waals surface area (Å²) >= 11 is 0. The molecule has 2 aromatic carbocycles. The standard InChI is InChI=1S/C27H27F4N3O4/c1-38-12-11-34-15-21(24-19(16-35)3-2-4-23(24)34)25(36)33-9-7-18(8-10-33)20-13-17(5-6-22(20)28)14-32-26(37)27(29,30)31/h2-6,13,15-16,18H,7-12,14H2,1H3,(H,32,37). The molecule has 0 unspecified atom stereocenters. The number of carbonyl (C=O) groups is 3. The van der Waals surface area contributed by atoms with Gasteiger partial charge in [0.15, 0.2) is 6.29 Å². The van der Waals surface area contributed by atoms with E-state index in [4.69, 9.17) is 4.74 Å². The predicted molar refractivity (Wildman–Crippen MR) is 131 cm³/mol. The van der Waals surface area contributed by atoms with E-state index in [1.807, 2.05) is 10.6 Å². The molecule has 0 radical (unpaired) electrons. The van der Waals surface area contributed by atoms with E-state index in [2.05, 4.69) is 0 Å². The van der Waals surface area contributed by atoms with E-state index in [0.29, 0.717) is 66.7 Å². The number of benzene rings is 2. The maximum absolute atomic E-state index is 14.6. The maximum Gasteiger partial charge on any atom is 0.471 e. The van der Waals surface area contributed by atoms with Crippen LogP contribution in [0.25, 0.3) is 10.9 Å². The Bertz CT molecular complexity index is 1340. The van der Waals surface area contributed by atoms with E-state index in [1.165, 1.54) is 18.2 Å². The maximum atomic E-state index is 14.6. The van der Waals surface area contributed by atoms with Crippen molar-refractivity contribution in [3.05, 3.63) is 70.7 Å². The monoisotopic (exact) mass is 533 g/mol. The molecule has 202 valence electrons. The molecule has 0 aliphatic carbocycles. The lowest BCUT2D eigenvalue weighted by Gasteiger charge is -2.32. The molecule has 7 nitrogen and oxygen atoms in total. The third-order valence-electron chi connectivity index (χ3n) is 6.83. The van der Waals surface area contributed by atoms with E-state index < -0.39 is 17.9 Å². The summed E-state index contributed by atoms with van der Waals surface area (Å²) in [6.07, 6.45) is -1.65. The van der Waals surface area contributed by atoms with Gasteiger partial charge >= 0.3 is 12.1 Å². The van der Waals surface area contributed by atoms with Crippen molar-refractivity contribution in [2.75, 3.05) is 26.8 Å². The highest BCUT2D eigenvalue weighted by Gasteiger charge is 2.38. The number of fused-ring (bicyclic) bond motifs is 1. The summed E-state index contributed by atoms with van der Waals surface area (Å²) in [7, 11) is 1.58. The third kappa shape index (κ3) is 5.72. The molecule has 0 saturated carbocycles. The first-order valence-corrected chi connectivity index (χ1v) is 12.1. The number of aldehydes is 1. The number of amides is 2. The fraction of sp³-hybridized carbons (Fsp3) is 0.370. The minimum atomic E-state index is -5.00. The van der Waals surface area contributed by atoms with Crippen molar-refractivity contribution in [3.8, 4) is 0 Å². The summed E-state index contributed by atoms with van der Waals surface area (Å²) in [6.45, 7) is 1.23. The molecule has 11 heteroatoms. The molecule has 1 aromatic heterocycles. The van der Waals surface area contributed by atoms with Crippen molar-refractivity contribution in [2.24, 2.45) is 0 Å². The molecule has 1 aliphatic rings. The summed E-state index contributed by atoms with van der Waals surface area (Å²) in [6, 6.07) is 9.23. The van der Waals surface area contributed by atoms with Gasteiger partial charge in [-0.15, -0.1) is 0 Å². The summed E-state index contributed by atoms with van der Waals surface area (Å²) < 4.78 is 59.1. The zero-order valence-corrected chi connectivity index (χ0v) is 20.7. The van der Waals surface area contributed by atoms with Gasteiger partial charge in [0.2, 0.25) is 0 Å². The molecular weight excluding hydrogens is 506 g/mol. The van der Waals surface area contributed by atoms with Crippen LogP contribution in [0.2, 0.25) is 0 Å². The smallest absolute Gasteiger partial charge is 0.383 e. The van der Waals surface area contributed by atoms with Crippen LogP contribution >= 0.6 is 0 Å². The number of nitrogens with one attached hydrogen (secondary N) is 1. The highest BCUT2D eigenvalue weighted by atomic mass is 19.4. The van der Waals surface area contributed by atoms with Gasteiger partial charge in [0.05, 0.1) is 12.2 Å². The quantitative estimate of drug-likeness (QED) is 0.343. The topological polar surface area (TPSA) is 80.6 Å². The summed E-state index contributed by atoms with van der Waals surface area (Å²) in [5.74, 6) is -3.03. The Kier molecular flexibility index (Phi) is 8.15. The number of alkyl halides is 3. The van der Waals surface area contributed by atoms with E-state index >= 15 is 0 Å². The Morgan fingerprint density at radius 1 is 1.16 bits per heavy atom. The molecule has 1 aliphatic heterocycles. The Hall–Kier alpha value is -3.73. The van der Waals surface area contributed by atoms with Crippen LogP contribution < -0.4 is 5.32 Å². The first-order chi connectivity index (χ1) is 18.1. The average Bonchev–Trinajstić information content (AvgIpc) is 3.29. The second kappa shape index (κ2) is 11.3. The largest absolute Gasteiger partial charge is 0.471 e. The zero-order valence-electron chi connectivity index (χ0n) is 20.7. The predicted octanol–water partition coefficient (Wildman–Crippen LogP) is 4.44. The van der Waals surface area contributed by atoms with Crippen molar-refractivity contribution in [1.29, 1.82) is 0 Å². The minimum absolute atomic E-state index is 0.233. The van der Waals surface area contributed by atoms with Crippen LogP contribution in [0.4, 0.5) is 17.6 Å². The van der Waals surface area contributed by atoms with Gasteiger partial charge in [-0.05, 0) is 42.0 Å². The van der Waals surface area contributed by atoms with Crippen molar-refractivity contribution in [2.45, 2.75) is 38.0 Å². The van der Waals surface area contributed by atoms with Gasteiger partial charge in [0.1, 0.15) is 5.82 Å². The van der Waals surface area contributed by atoms with Crippen molar-refractivity contribution < 1.29 is 36.7 Å². The Morgan fingerprint density at radius 2 is 1.89 bits per heavy atom. The highest BCUT2D eigenvalue weighted by Crippen LogP contribution is 2.33. The van der Waals surface area contributed by atoms with Crippen molar-refractivity contribution in [3.63, 3.8) is 0 Å². The molecule has 0 spiro atoms. The fourth-order valence-corrected chi connectivity index (χ4v) is 4.88. The third-order valence-corrected chi connectivity index (χ3v) is 6.83. The highest BCUT2D eigenvalue weighted by molar-refractivity contribution is 6.12. The Balaban J connectivity index is 1.49. The van der Waals surface area contributed by atoms with Crippen LogP contribution in [0, 0.1) is 5.82 Å². The number of nitrogens with zero attached hydrogens (tertiary/aromatic N) is 2. The number of aromatic nitrogens is 1. The number of hydrogen-bond donors (Lipinski definition) is 1. The van der Waals surface area contributed by atoms with Crippen LogP contribution in [0.15, 0.2) is 42.6 Å². The lowest BCUT2D eigenvalue weighted by atomic mass is 9.88. The first-order valence-electron chi connectivity index (χ1n) is 12.1. The summed E-state index contributed by atoms with van der Waals surface area (Å²) in [4.78, 5) is 38.0. The van der Waals surface area contributed by atoms with Crippen LogP contribution in [-0.2, 0) is 22.6 Å². The van der Waals surface area contributed by atoms with Crippen LogP contribution in [0.1, 0.15) is 50.6 Å². The van der Waals surface area contributed by atoms with E-state index in [0.717, 1.165) is 11.8 Å². The average molecular weight is 534 g/mol. The normalized spacial score (nSPS) is 14.6. The summed E-state index contributed by atoms with van der Waals surface area (Å²) in [5.41, 5.74) is 2.26. The molecular formula is C27H27F4N3O4. The fourth-order valence-electron chi connectivity index (χ4n) is 4.88. The second-order valence-corrected chi connectivity index (χ2v) is 9.19. The SMILES string of the molecule is COCCn1cc(C(=O)N2CCC(c3cc(CNC(=O)C(F)(F)F)ccc3F)CC2)c2c(C=O)cccc21. The van der Waals surface area contributed by atoms with E-state index in [9.17, 15) is 31.9 Å². The number of piperidine rings is 1. The van der Waals surface area contributed by atoms with Crippen LogP contribution in [0.5, 0.6) is 0 Å². The van der Waals surface area contributed by atoms with Gasteiger partial charge in [-0.1, -0.05) is 24.3 Å². The second-order valence-electron chi connectivity index (χ2n) is 9.19. The zero-order chi connectivity index (χ0) is 27.4. The summed E-state index contributed by atoms with van der Waals surface area (Å²) in [5, 5.41) is 2.37. The van der Waals surface area contributed by atoms with Crippen molar-refractivity contribution >= 4 is 29.0 Å². The van der Waals surface area contributed by atoms with Gasteiger partial charge in [0, 0.05) is 56.0 Å². The molecule has 3 aromatic rings. The lowest BCUT2D eigenvalue weighted by Crippen LogP contribution is -2.38. The van der Waals surface area contributed by atoms with Crippen LogP contribution in [-0.4, -0.2) is 60.6 Å². The number of methoxy groups -OCH3 is 1. The van der Waals surface area contributed by atoms with Gasteiger partial charge in [-0.3, -0.25) is 14.4 Å². The molecule has 2 heterocycles. The Labute approximate surface area is 216 Å². The molecule has 1 fully saturated rings. The first kappa shape index (κ1) is 27.3. The molecule has 4 rings (SSSR count). The minimum Gasteiger partial charge on any atom is -0.383 e. The molecule has 38 heavy (non-hydrogen) atoms. The number of likely N-dealkylation sites (tertiary alicyclic amines) is 1.